The molecular formula is C26H36N+. The molecule has 0 amide bonds. The Labute approximate surface area is 165 Å². The lowest BCUT2D eigenvalue weighted by molar-refractivity contribution is -0.673. The van der Waals surface area contributed by atoms with Gasteiger partial charge in [0.15, 0.2) is 5.69 Å². The number of hydrogen-bond acceptors (Lipinski definition) is 0. The molecule has 4 rings (SSSR count). The van der Waals surface area contributed by atoms with Gasteiger partial charge in [-0.1, -0.05) is 66.7 Å². The Morgan fingerprint density at radius 3 is 1.81 bits per heavy atom. The number of benzene rings is 1. The molecule has 1 nitrogen and oxygen atoms in total. The van der Waals surface area contributed by atoms with Gasteiger partial charge in [-0.2, -0.15) is 4.57 Å². The summed E-state index contributed by atoms with van der Waals surface area (Å²) < 4.78 is 2.52. The number of nitrogens with zero attached hydrogens (tertiary/aromatic N) is 1. The van der Waals surface area contributed by atoms with Gasteiger partial charge in [0.1, 0.15) is 7.05 Å². The summed E-state index contributed by atoms with van der Waals surface area (Å²) in [7, 11) is 2.29. The summed E-state index contributed by atoms with van der Waals surface area (Å²) in [6.07, 6.45) is 0. The molecule has 0 spiro atoms. The lowest BCUT2D eigenvalue weighted by Crippen LogP contribution is -2.56. The van der Waals surface area contributed by atoms with Crippen molar-refractivity contribution in [2.75, 3.05) is 0 Å². The highest BCUT2D eigenvalue weighted by Gasteiger charge is 2.83. The van der Waals surface area contributed by atoms with Gasteiger partial charge in [0.2, 0.25) is 5.69 Å². The molecule has 0 aliphatic heterocycles. The van der Waals surface area contributed by atoms with Crippen LogP contribution in [0.15, 0.2) is 36.4 Å². The van der Waals surface area contributed by atoms with Gasteiger partial charge in [0.25, 0.3) is 0 Å². The summed E-state index contributed by atoms with van der Waals surface area (Å²) in [6, 6.07) is 13.6. The first-order chi connectivity index (χ1) is 12.3. The predicted molar refractivity (Wildman–Crippen MR) is 114 cm³/mol. The van der Waals surface area contributed by atoms with Crippen molar-refractivity contribution in [1.29, 1.82) is 0 Å². The third-order valence-electron chi connectivity index (χ3n) is 10.4. The van der Waals surface area contributed by atoms with Crippen LogP contribution in [0.3, 0.4) is 0 Å². The Balaban J connectivity index is 2.12. The van der Waals surface area contributed by atoms with Crippen molar-refractivity contribution < 1.29 is 4.57 Å². The largest absolute Gasteiger partial charge is 0.212 e. The van der Waals surface area contributed by atoms with E-state index in [0.717, 1.165) is 0 Å². The fourth-order valence-corrected chi connectivity index (χ4v) is 7.37. The van der Waals surface area contributed by atoms with Gasteiger partial charge in [-0.15, -0.1) is 0 Å². The fraction of sp³-hybridized carbons (Fsp3) is 0.577. The molecule has 1 heteroatoms. The summed E-state index contributed by atoms with van der Waals surface area (Å²) >= 11 is 0. The van der Waals surface area contributed by atoms with Crippen molar-refractivity contribution in [3.8, 4) is 11.3 Å². The van der Waals surface area contributed by atoms with Crippen molar-refractivity contribution >= 4 is 0 Å². The first-order valence-corrected chi connectivity index (χ1v) is 10.4. The van der Waals surface area contributed by atoms with Crippen molar-refractivity contribution in [2.24, 2.45) is 23.3 Å². The zero-order valence-electron chi connectivity index (χ0n) is 18.9. The average molecular weight is 363 g/mol. The molecule has 0 saturated heterocycles. The van der Waals surface area contributed by atoms with Crippen molar-refractivity contribution in [1.82, 2.24) is 0 Å². The lowest BCUT2D eigenvalue weighted by atomic mass is 9.51. The predicted octanol–water partition coefficient (Wildman–Crippen LogP) is 6.11. The minimum absolute atomic E-state index is 0.0982. The van der Waals surface area contributed by atoms with Crippen molar-refractivity contribution in [2.45, 2.75) is 73.1 Å². The molecule has 0 radical (unpaired) electrons. The standard InChI is InChI=1S/C26H36N/c1-17-13-11-12-14-18(17)20-16-15-19-21(27(20)10)26(9)23(4,5)22(2,3)25(19,8)24(26,6)7/h11-16H,1-10H3/q+1. The third kappa shape index (κ3) is 1.60. The van der Waals surface area contributed by atoms with Gasteiger partial charge < -0.3 is 0 Å². The van der Waals surface area contributed by atoms with Gasteiger partial charge in [-0.05, 0) is 47.8 Å². The fourth-order valence-electron chi connectivity index (χ4n) is 7.37. The Hall–Kier alpha value is -1.63. The van der Waals surface area contributed by atoms with E-state index in [-0.39, 0.29) is 27.1 Å². The number of aromatic nitrogens is 1. The van der Waals surface area contributed by atoms with E-state index >= 15 is 0 Å². The SMILES string of the molecule is Cc1ccccc1-c1ccc2c([n+]1C)C1(C)C(C)(C)C(C)(C)C2(C)C1(C)C. The monoisotopic (exact) mass is 362 g/mol. The molecule has 1 saturated carbocycles. The summed E-state index contributed by atoms with van der Waals surface area (Å²) in [5.74, 6) is 0. The molecule has 144 valence electrons. The Bertz CT molecular complexity index is 962. The van der Waals surface area contributed by atoms with Crippen LogP contribution in [-0.4, -0.2) is 0 Å². The maximum Gasteiger partial charge on any atom is 0.212 e. The molecule has 2 aromatic rings. The summed E-state index contributed by atoms with van der Waals surface area (Å²) in [5, 5.41) is 0. The van der Waals surface area contributed by atoms with Crippen LogP contribution in [0.1, 0.15) is 72.2 Å². The average Bonchev–Trinajstić information content (AvgIpc) is 2.76. The van der Waals surface area contributed by atoms with Crippen molar-refractivity contribution in [3.63, 3.8) is 0 Å². The van der Waals surface area contributed by atoms with Crippen LogP contribution < -0.4 is 4.57 Å². The van der Waals surface area contributed by atoms with E-state index in [2.05, 4.69) is 110 Å². The van der Waals surface area contributed by atoms with Crippen LogP contribution in [-0.2, 0) is 17.9 Å². The van der Waals surface area contributed by atoms with E-state index in [0.29, 0.717) is 0 Å². The van der Waals surface area contributed by atoms with Gasteiger partial charge in [-0.3, -0.25) is 0 Å². The molecule has 1 heterocycles. The third-order valence-corrected chi connectivity index (χ3v) is 10.4. The number of pyridine rings is 1. The molecule has 2 aliphatic carbocycles. The summed E-state index contributed by atoms with van der Waals surface area (Å²) in [4.78, 5) is 0. The molecule has 2 bridgehead atoms. The molecular weight excluding hydrogens is 326 g/mol. The minimum atomic E-state index is 0.0982. The second-order valence-electron chi connectivity index (χ2n) is 11.0. The quantitative estimate of drug-likeness (QED) is 0.539. The number of aryl methyl sites for hydroxylation is 1. The van der Waals surface area contributed by atoms with E-state index in [1.165, 1.54) is 16.8 Å². The number of hydrogen-bond donors (Lipinski definition) is 0. The highest BCUT2D eigenvalue weighted by atomic mass is 15.0. The number of rotatable bonds is 1. The molecule has 1 fully saturated rings. The first-order valence-electron chi connectivity index (χ1n) is 10.4. The smallest absolute Gasteiger partial charge is 0.197 e. The zero-order chi connectivity index (χ0) is 20.2. The molecule has 1 aromatic carbocycles. The van der Waals surface area contributed by atoms with E-state index in [4.69, 9.17) is 0 Å². The molecule has 2 atom stereocenters. The van der Waals surface area contributed by atoms with E-state index in [1.807, 2.05) is 0 Å². The van der Waals surface area contributed by atoms with E-state index in [9.17, 15) is 0 Å². The topological polar surface area (TPSA) is 3.88 Å². The zero-order valence-corrected chi connectivity index (χ0v) is 18.9. The van der Waals surface area contributed by atoms with Crippen LogP contribution in [0.4, 0.5) is 0 Å². The normalized spacial score (nSPS) is 31.8. The highest BCUT2D eigenvalue weighted by molar-refractivity contribution is 5.63. The molecule has 2 unspecified atom stereocenters. The number of fused-ring (bicyclic) bond motifs is 5. The summed E-state index contributed by atoms with van der Waals surface area (Å²) in [5.41, 5.74) is 7.91. The van der Waals surface area contributed by atoms with Crippen molar-refractivity contribution in [3.05, 3.63) is 53.2 Å². The van der Waals surface area contributed by atoms with Crippen LogP contribution in [0.25, 0.3) is 11.3 Å². The highest BCUT2D eigenvalue weighted by Crippen LogP contribution is 2.82. The van der Waals surface area contributed by atoms with Gasteiger partial charge in [0, 0.05) is 22.6 Å². The second-order valence-corrected chi connectivity index (χ2v) is 11.0. The molecule has 0 N–H and O–H groups in total. The maximum atomic E-state index is 2.54. The Kier molecular flexibility index (Phi) is 3.36. The van der Waals surface area contributed by atoms with Crippen LogP contribution >= 0.6 is 0 Å². The van der Waals surface area contributed by atoms with Crippen LogP contribution in [0.5, 0.6) is 0 Å². The lowest BCUT2D eigenvalue weighted by Gasteiger charge is -2.52. The van der Waals surface area contributed by atoms with Gasteiger partial charge in [-0.25, -0.2) is 0 Å². The first kappa shape index (κ1) is 18.7. The molecule has 27 heavy (non-hydrogen) atoms. The second kappa shape index (κ2) is 4.85. The molecule has 1 aromatic heterocycles. The van der Waals surface area contributed by atoms with E-state index < -0.39 is 0 Å². The maximum absolute atomic E-state index is 2.54. The Morgan fingerprint density at radius 2 is 1.22 bits per heavy atom. The Morgan fingerprint density at radius 1 is 0.667 bits per heavy atom. The summed E-state index contributed by atoms with van der Waals surface area (Å²) in [6.45, 7) is 22.3. The van der Waals surface area contributed by atoms with E-state index in [1.54, 1.807) is 11.3 Å². The van der Waals surface area contributed by atoms with Gasteiger partial charge >= 0.3 is 0 Å². The molecule has 2 aliphatic rings. The minimum Gasteiger partial charge on any atom is -0.197 e. The van der Waals surface area contributed by atoms with Crippen LogP contribution in [0, 0.1) is 23.2 Å². The van der Waals surface area contributed by atoms with Crippen LogP contribution in [0.2, 0.25) is 0 Å². The van der Waals surface area contributed by atoms with Gasteiger partial charge in [0.05, 0.1) is 5.41 Å².